The van der Waals surface area contributed by atoms with Gasteiger partial charge in [-0.25, -0.2) is 4.98 Å². The van der Waals surface area contributed by atoms with Crippen LogP contribution >= 0.6 is 11.3 Å². The third-order valence-electron chi connectivity index (χ3n) is 10.4. The highest BCUT2D eigenvalue weighted by atomic mass is 32.1. The van der Waals surface area contributed by atoms with Crippen LogP contribution in [0.5, 0.6) is 0 Å². The Hall–Kier alpha value is -6.55. The maximum absolute atomic E-state index is 6.63. The molecule has 3 heterocycles. The number of hydrogen-bond acceptors (Lipinski definition) is 3. The molecule has 0 atom stereocenters. The van der Waals surface area contributed by atoms with Crippen molar-refractivity contribution in [1.82, 2.24) is 4.98 Å². The van der Waals surface area contributed by atoms with Gasteiger partial charge in [-0.1, -0.05) is 133 Å². The van der Waals surface area contributed by atoms with E-state index < -0.39 is 0 Å². The molecule has 3 aromatic heterocycles. The number of para-hydroxylation sites is 2. The van der Waals surface area contributed by atoms with E-state index in [1.807, 2.05) is 17.4 Å². The highest BCUT2D eigenvalue weighted by Crippen LogP contribution is 2.47. The van der Waals surface area contributed by atoms with Crippen LogP contribution in [0.2, 0.25) is 0 Å². The number of nitrogens with zero attached hydrogens (tertiary/aromatic N) is 1. The van der Waals surface area contributed by atoms with E-state index in [9.17, 15) is 0 Å². The fourth-order valence-corrected chi connectivity index (χ4v) is 9.20. The fraction of sp³-hybridized carbons (Fsp3) is 0. The van der Waals surface area contributed by atoms with E-state index in [-0.39, 0.29) is 0 Å². The minimum Gasteiger partial charge on any atom is -0.456 e. The molecule has 0 aliphatic rings. The number of rotatable bonds is 4. The predicted octanol–water partition coefficient (Wildman–Crippen LogP) is 14.3. The lowest BCUT2D eigenvalue weighted by atomic mass is 9.88. The molecule has 242 valence electrons. The van der Waals surface area contributed by atoms with Crippen LogP contribution in [-0.2, 0) is 0 Å². The molecule has 0 N–H and O–H groups in total. The summed E-state index contributed by atoms with van der Waals surface area (Å²) in [6.07, 6.45) is 0. The summed E-state index contributed by atoms with van der Waals surface area (Å²) in [7, 11) is 0. The van der Waals surface area contributed by atoms with Crippen LogP contribution in [0.15, 0.2) is 180 Å². The predicted molar refractivity (Wildman–Crippen MR) is 221 cm³/mol. The van der Waals surface area contributed by atoms with E-state index >= 15 is 0 Å². The van der Waals surface area contributed by atoms with Gasteiger partial charge in [0.25, 0.3) is 0 Å². The second-order valence-corrected chi connectivity index (χ2v) is 14.5. The molecule has 0 unspecified atom stereocenters. The van der Waals surface area contributed by atoms with Crippen LogP contribution in [-0.4, -0.2) is 4.98 Å². The zero-order chi connectivity index (χ0) is 34.2. The first kappa shape index (κ1) is 29.2. The maximum atomic E-state index is 6.63. The summed E-state index contributed by atoms with van der Waals surface area (Å²) < 4.78 is 9.27. The Balaban J connectivity index is 1.15. The van der Waals surface area contributed by atoms with Gasteiger partial charge in [0.1, 0.15) is 11.2 Å². The number of benzene rings is 8. The monoisotopic (exact) mass is 679 g/mol. The number of furan rings is 1. The molecule has 11 aromatic rings. The molecule has 0 amide bonds. The Morgan fingerprint density at radius 3 is 1.81 bits per heavy atom. The molecule has 8 aromatic carbocycles. The third-order valence-corrected chi connectivity index (χ3v) is 11.6. The second-order valence-electron chi connectivity index (χ2n) is 13.5. The first-order chi connectivity index (χ1) is 25.8. The standard InChI is InChI=1S/C49H29NOS/c1-2-12-30(13-3-1)49-40-29-43-48(39-20-5-8-22-42(39)51-43)46(47(40)38-19-4-7-21-41(38)50-49)35-17-11-16-33(27-35)31-14-10-15-32(26-31)34-24-25-37-36-18-6-9-23-44(36)52-45(37)28-34/h1-29H. The lowest BCUT2D eigenvalue weighted by molar-refractivity contribution is 0.669. The molecule has 0 saturated carbocycles. The van der Waals surface area contributed by atoms with E-state index in [1.165, 1.54) is 53.4 Å². The first-order valence-corrected chi connectivity index (χ1v) is 18.4. The molecular formula is C49H29NOS. The van der Waals surface area contributed by atoms with Gasteiger partial charge in [0.2, 0.25) is 0 Å². The van der Waals surface area contributed by atoms with Crippen LogP contribution in [0.25, 0.3) is 108 Å². The largest absolute Gasteiger partial charge is 0.456 e. The van der Waals surface area contributed by atoms with E-state index in [1.54, 1.807) is 0 Å². The lowest BCUT2D eigenvalue weighted by Gasteiger charge is -2.16. The summed E-state index contributed by atoms with van der Waals surface area (Å²) in [5, 5.41) is 8.28. The fourth-order valence-electron chi connectivity index (χ4n) is 8.06. The minimum absolute atomic E-state index is 0.863. The van der Waals surface area contributed by atoms with Gasteiger partial charge in [0, 0.05) is 58.2 Å². The van der Waals surface area contributed by atoms with Gasteiger partial charge in [-0.2, -0.15) is 0 Å². The topological polar surface area (TPSA) is 26.0 Å². The quantitative estimate of drug-likeness (QED) is 0.173. The summed E-state index contributed by atoms with van der Waals surface area (Å²) in [4.78, 5) is 5.26. The van der Waals surface area contributed by atoms with Gasteiger partial charge in [0.05, 0.1) is 11.2 Å². The average Bonchev–Trinajstić information content (AvgIpc) is 3.78. The van der Waals surface area contributed by atoms with Crippen molar-refractivity contribution in [2.45, 2.75) is 0 Å². The van der Waals surface area contributed by atoms with Gasteiger partial charge in [-0.05, 0) is 70.3 Å². The third kappa shape index (κ3) is 4.53. The molecular weight excluding hydrogens is 651 g/mol. The molecule has 0 saturated heterocycles. The molecule has 3 heteroatoms. The van der Waals surface area contributed by atoms with Gasteiger partial charge in [-0.3, -0.25) is 0 Å². The van der Waals surface area contributed by atoms with Crippen molar-refractivity contribution in [3.8, 4) is 44.6 Å². The van der Waals surface area contributed by atoms with Crippen molar-refractivity contribution in [2.75, 3.05) is 0 Å². The highest BCUT2D eigenvalue weighted by Gasteiger charge is 2.22. The number of thiophene rings is 1. The van der Waals surface area contributed by atoms with E-state index in [2.05, 4.69) is 170 Å². The highest BCUT2D eigenvalue weighted by molar-refractivity contribution is 7.25. The van der Waals surface area contributed by atoms with Gasteiger partial charge < -0.3 is 4.42 Å². The van der Waals surface area contributed by atoms with Crippen molar-refractivity contribution in [1.29, 1.82) is 0 Å². The Labute approximate surface area is 303 Å². The maximum Gasteiger partial charge on any atom is 0.136 e. The number of aromatic nitrogens is 1. The molecule has 0 aliphatic heterocycles. The average molecular weight is 680 g/mol. The van der Waals surface area contributed by atoms with E-state index in [0.717, 1.165) is 55.0 Å². The van der Waals surface area contributed by atoms with Crippen LogP contribution < -0.4 is 0 Å². The Morgan fingerprint density at radius 1 is 0.365 bits per heavy atom. The summed E-state index contributed by atoms with van der Waals surface area (Å²) in [6.45, 7) is 0. The number of hydrogen-bond donors (Lipinski definition) is 0. The SMILES string of the molecule is c1ccc(-c2nc3ccccc3c3c(-c4cccc(-c5cccc(-c6ccc7c(c6)sc6ccccc67)c5)c4)c4c(cc23)oc2ccccc24)cc1. The number of pyridine rings is 1. The van der Waals surface area contributed by atoms with Crippen molar-refractivity contribution < 1.29 is 4.42 Å². The molecule has 0 spiro atoms. The zero-order valence-electron chi connectivity index (χ0n) is 28.0. The Bertz CT molecular complexity index is 3190. The van der Waals surface area contributed by atoms with Crippen LogP contribution in [0.4, 0.5) is 0 Å². The van der Waals surface area contributed by atoms with Gasteiger partial charge in [0.15, 0.2) is 0 Å². The molecule has 0 aliphatic carbocycles. The summed E-state index contributed by atoms with van der Waals surface area (Å²) in [5.74, 6) is 0. The Morgan fingerprint density at radius 2 is 0.981 bits per heavy atom. The first-order valence-electron chi connectivity index (χ1n) is 17.6. The van der Waals surface area contributed by atoms with Crippen molar-refractivity contribution in [3.05, 3.63) is 176 Å². The van der Waals surface area contributed by atoms with Crippen molar-refractivity contribution >= 4 is 75.1 Å². The van der Waals surface area contributed by atoms with E-state index in [4.69, 9.17) is 9.40 Å². The summed E-state index contributed by atoms with van der Waals surface area (Å²) in [5.41, 5.74) is 11.9. The smallest absolute Gasteiger partial charge is 0.136 e. The molecule has 0 radical (unpaired) electrons. The Kier molecular flexibility index (Phi) is 6.46. The molecule has 11 rings (SSSR count). The van der Waals surface area contributed by atoms with E-state index in [0.29, 0.717) is 0 Å². The molecule has 0 fully saturated rings. The molecule has 52 heavy (non-hydrogen) atoms. The molecule has 2 nitrogen and oxygen atoms in total. The lowest BCUT2D eigenvalue weighted by Crippen LogP contribution is -1.93. The number of fused-ring (bicyclic) bond motifs is 9. The molecule has 0 bridgehead atoms. The van der Waals surface area contributed by atoms with Gasteiger partial charge in [-0.15, -0.1) is 11.3 Å². The van der Waals surface area contributed by atoms with Crippen LogP contribution in [0.3, 0.4) is 0 Å². The minimum atomic E-state index is 0.863. The summed E-state index contributed by atoms with van der Waals surface area (Å²) >= 11 is 1.86. The van der Waals surface area contributed by atoms with Crippen LogP contribution in [0.1, 0.15) is 0 Å². The zero-order valence-corrected chi connectivity index (χ0v) is 28.8. The van der Waals surface area contributed by atoms with Gasteiger partial charge >= 0.3 is 0 Å². The summed E-state index contributed by atoms with van der Waals surface area (Å²) in [6, 6.07) is 63.1. The van der Waals surface area contributed by atoms with Crippen molar-refractivity contribution in [2.24, 2.45) is 0 Å². The van der Waals surface area contributed by atoms with Crippen LogP contribution in [0, 0.1) is 0 Å². The van der Waals surface area contributed by atoms with Crippen molar-refractivity contribution in [3.63, 3.8) is 0 Å². The second kappa shape index (κ2) is 11.5. The normalized spacial score (nSPS) is 11.8.